The fourth-order valence-corrected chi connectivity index (χ4v) is 1.09. The zero-order valence-corrected chi connectivity index (χ0v) is 9.68. The molecule has 0 spiro atoms. The van der Waals surface area contributed by atoms with Gasteiger partial charge in [0.1, 0.15) is 5.69 Å². The Hall–Kier alpha value is -1.95. The molecule has 0 radical (unpaired) electrons. The van der Waals surface area contributed by atoms with E-state index >= 15 is 0 Å². The Morgan fingerprint density at radius 3 is 2.47 bits per heavy atom. The molecule has 1 amide bonds. The standard InChI is InChI=1S/C11H15N3O3/c1-6(7(2)12)10(15)14-8-3-4-9(11(16)17)13-5-8/h3-7H,12H2,1-2H3,(H,14,15)(H,16,17). The van der Waals surface area contributed by atoms with Crippen molar-refractivity contribution in [3.8, 4) is 0 Å². The van der Waals surface area contributed by atoms with Gasteiger partial charge in [0, 0.05) is 6.04 Å². The van der Waals surface area contributed by atoms with Crippen LogP contribution in [-0.4, -0.2) is 28.0 Å². The summed E-state index contributed by atoms with van der Waals surface area (Å²) in [4.78, 5) is 25.9. The molecule has 0 bridgehead atoms. The number of pyridine rings is 1. The first-order valence-electron chi connectivity index (χ1n) is 5.17. The van der Waals surface area contributed by atoms with Gasteiger partial charge in [0.2, 0.25) is 5.91 Å². The van der Waals surface area contributed by atoms with Gasteiger partial charge in [-0.15, -0.1) is 0 Å². The number of aromatic carboxylic acids is 1. The summed E-state index contributed by atoms with van der Waals surface area (Å²) in [5.41, 5.74) is 5.99. The van der Waals surface area contributed by atoms with E-state index in [1.54, 1.807) is 13.8 Å². The number of hydrogen-bond acceptors (Lipinski definition) is 4. The fourth-order valence-electron chi connectivity index (χ4n) is 1.09. The summed E-state index contributed by atoms with van der Waals surface area (Å²) in [7, 11) is 0. The minimum Gasteiger partial charge on any atom is -0.477 e. The summed E-state index contributed by atoms with van der Waals surface area (Å²) in [6.45, 7) is 3.47. The molecular formula is C11H15N3O3. The maximum Gasteiger partial charge on any atom is 0.354 e. The summed E-state index contributed by atoms with van der Waals surface area (Å²) in [6, 6.07) is 2.57. The van der Waals surface area contributed by atoms with E-state index in [1.165, 1.54) is 18.3 Å². The van der Waals surface area contributed by atoms with E-state index in [1.807, 2.05) is 0 Å². The molecule has 0 aliphatic heterocycles. The Labute approximate surface area is 98.8 Å². The maximum atomic E-state index is 11.6. The van der Waals surface area contributed by atoms with Crippen LogP contribution in [0.2, 0.25) is 0 Å². The zero-order valence-electron chi connectivity index (χ0n) is 9.68. The predicted octanol–water partition coefficient (Wildman–Crippen LogP) is 0.702. The molecule has 0 aliphatic rings. The summed E-state index contributed by atoms with van der Waals surface area (Å²) in [5.74, 6) is -1.65. The Morgan fingerprint density at radius 1 is 1.41 bits per heavy atom. The van der Waals surface area contributed by atoms with Gasteiger partial charge in [-0.05, 0) is 19.1 Å². The second-order valence-electron chi connectivity index (χ2n) is 3.87. The molecule has 6 nitrogen and oxygen atoms in total. The van der Waals surface area contributed by atoms with Crippen LogP contribution in [0.15, 0.2) is 18.3 Å². The normalized spacial score (nSPS) is 13.8. The molecule has 1 aromatic rings. The Morgan fingerprint density at radius 2 is 2.06 bits per heavy atom. The number of carboxylic acids is 1. The van der Waals surface area contributed by atoms with Gasteiger partial charge in [-0.25, -0.2) is 9.78 Å². The highest BCUT2D eigenvalue weighted by molar-refractivity contribution is 5.93. The van der Waals surface area contributed by atoms with Crippen molar-refractivity contribution in [3.05, 3.63) is 24.0 Å². The number of nitrogens with zero attached hydrogens (tertiary/aromatic N) is 1. The van der Waals surface area contributed by atoms with Crippen LogP contribution in [0.4, 0.5) is 5.69 Å². The lowest BCUT2D eigenvalue weighted by Crippen LogP contribution is -2.34. The molecule has 0 fully saturated rings. The second-order valence-corrected chi connectivity index (χ2v) is 3.87. The van der Waals surface area contributed by atoms with Crippen LogP contribution >= 0.6 is 0 Å². The molecule has 2 unspecified atom stereocenters. The van der Waals surface area contributed by atoms with Gasteiger partial charge in [-0.2, -0.15) is 0 Å². The molecule has 17 heavy (non-hydrogen) atoms. The molecule has 2 atom stereocenters. The van der Waals surface area contributed by atoms with E-state index in [2.05, 4.69) is 10.3 Å². The molecule has 1 heterocycles. The largest absolute Gasteiger partial charge is 0.477 e. The third-order valence-electron chi connectivity index (χ3n) is 2.45. The Balaban J connectivity index is 2.70. The molecule has 6 heteroatoms. The molecule has 1 aromatic heterocycles. The van der Waals surface area contributed by atoms with Gasteiger partial charge >= 0.3 is 5.97 Å². The van der Waals surface area contributed by atoms with Gasteiger partial charge in [0.25, 0.3) is 0 Å². The second kappa shape index (κ2) is 5.40. The minimum atomic E-state index is -1.10. The van der Waals surface area contributed by atoms with Gasteiger partial charge in [-0.1, -0.05) is 6.92 Å². The average Bonchev–Trinajstić information content (AvgIpc) is 2.28. The lowest BCUT2D eigenvalue weighted by Gasteiger charge is -2.15. The maximum absolute atomic E-state index is 11.6. The number of aromatic nitrogens is 1. The van der Waals surface area contributed by atoms with Crippen molar-refractivity contribution in [3.63, 3.8) is 0 Å². The van der Waals surface area contributed by atoms with Gasteiger partial charge in [0.05, 0.1) is 17.8 Å². The SMILES string of the molecule is CC(N)C(C)C(=O)Nc1ccc(C(=O)O)nc1. The minimum absolute atomic E-state index is 0.0664. The Kier molecular flexibility index (Phi) is 4.17. The summed E-state index contributed by atoms with van der Waals surface area (Å²) in [5, 5.41) is 11.3. The van der Waals surface area contributed by atoms with E-state index in [-0.39, 0.29) is 23.6 Å². The molecule has 92 valence electrons. The Bertz CT molecular complexity index is 414. The van der Waals surface area contributed by atoms with Crippen molar-refractivity contribution in [1.82, 2.24) is 4.98 Å². The van der Waals surface area contributed by atoms with Crippen molar-refractivity contribution < 1.29 is 14.7 Å². The highest BCUT2D eigenvalue weighted by Gasteiger charge is 2.17. The number of carboxylic acid groups (broad SMARTS) is 1. The number of carbonyl (C=O) groups excluding carboxylic acids is 1. The number of hydrogen-bond donors (Lipinski definition) is 3. The third-order valence-corrected chi connectivity index (χ3v) is 2.45. The van der Waals surface area contributed by atoms with Crippen molar-refractivity contribution >= 4 is 17.6 Å². The van der Waals surface area contributed by atoms with E-state index < -0.39 is 5.97 Å². The molecule has 0 aliphatic carbocycles. The number of nitrogens with one attached hydrogen (secondary N) is 1. The first-order chi connectivity index (χ1) is 7.91. The van der Waals surface area contributed by atoms with E-state index in [0.29, 0.717) is 5.69 Å². The smallest absolute Gasteiger partial charge is 0.354 e. The lowest BCUT2D eigenvalue weighted by atomic mass is 10.0. The number of rotatable bonds is 4. The molecule has 0 saturated carbocycles. The van der Waals surface area contributed by atoms with Crippen LogP contribution in [-0.2, 0) is 4.79 Å². The van der Waals surface area contributed by atoms with E-state index in [4.69, 9.17) is 10.8 Å². The monoisotopic (exact) mass is 237 g/mol. The first-order valence-corrected chi connectivity index (χ1v) is 5.17. The van der Waals surface area contributed by atoms with E-state index in [0.717, 1.165) is 0 Å². The number of anilines is 1. The average molecular weight is 237 g/mol. The molecule has 1 rings (SSSR count). The van der Waals surface area contributed by atoms with Gasteiger partial charge < -0.3 is 16.2 Å². The van der Waals surface area contributed by atoms with Crippen LogP contribution in [0.3, 0.4) is 0 Å². The van der Waals surface area contributed by atoms with Crippen molar-refractivity contribution in [2.75, 3.05) is 5.32 Å². The molecular weight excluding hydrogens is 222 g/mol. The number of nitrogens with two attached hydrogens (primary N) is 1. The summed E-state index contributed by atoms with van der Waals surface area (Å²) in [6.07, 6.45) is 1.30. The first kappa shape index (κ1) is 13.1. The van der Waals surface area contributed by atoms with Crippen molar-refractivity contribution in [2.45, 2.75) is 19.9 Å². The zero-order chi connectivity index (χ0) is 13.0. The predicted molar refractivity (Wildman–Crippen MR) is 62.6 cm³/mol. The van der Waals surface area contributed by atoms with Crippen molar-refractivity contribution in [2.24, 2.45) is 11.7 Å². The molecule has 0 saturated heterocycles. The van der Waals surface area contributed by atoms with E-state index in [9.17, 15) is 9.59 Å². The lowest BCUT2D eigenvalue weighted by molar-refractivity contribution is -0.119. The highest BCUT2D eigenvalue weighted by atomic mass is 16.4. The van der Waals surface area contributed by atoms with Crippen LogP contribution in [0.1, 0.15) is 24.3 Å². The van der Waals surface area contributed by atoms with Gasteiger partial charge in [0.15, 0.2) is 0 Å². The van der Waals surface area contributed by atoms with Gasteiger partial charge in [-0.3, -0.25) is 4.79 Å². The summed E-state index contributed by atoms with van der Waals surface area (Å²) >= 11 is 0. The number of amides is 1. The molecule has 0 aromatic carbocycles. The van der Waals surface area contributed by atoms with Crippen LogP contribution in [0.5, 0.6) is 0 Å². The van der Waals surface area contributed by atoms with Crippen LogP contribution in [0.25, 0.3) is 0 Å². The highest BCUT2D eigenvalue weighted by Crippen LogP contribution is 2.09. The topological polar surface area (TPSA) is 105 Å². The quantitative estimate of drug-likeness (QED) is 0.714. The summed E-state index contributed by atoms with van der Waals surface area (Å²) < 4.78 is 0. The third kappa shape index (κ3) is 3.53. The van der Waals surface area contributed by atoms with Crippen LogP contribution < -0.4 is 11.1 Å². The number of carbonyl (C=O) groups is 2. The van der Waals surface area contributed by atoms with Crippen molar-refractivity contribution in [1.29, 1.82) is 0 Å². The molecule has 4 N–H and O–H groups in total. The fraction of sp³-hybridized carbons (Fsp3) is 0.364. The van der Waals surface area contributed by atoms with Crippen LogP contribution in [0, 0.1) is 5.92 Å².